The number of benzene rings is 1. The minimum absolute atomic E-state index is 0.0570. The monoisotopic (exact) mass is 434 g/mol. The number of hydrazine groups is 1. The van der Waals surface area contributed by atoms with Crippen LogP contribution in [0.5, 0.6) is 0 Å². The van der Waals surface area contributed by atoms with Crippen LogP contribution in [0.25, 0.3) is 0 Å². The largest absolute Gasteiger partial charge is 0.271 e. The second-order valence-electron chi connectivity index (χ2n) is 4.24. The van der Waals surface area contributed by atoms with Gasteiger partial charge in [0.05, 0.1) is 11.7 Å². The number of hydrogen-bond donors (Lipinski definition) is 2. The van der Waals surface area contributed by atoms with Crippen molar-refractivity contribution in [3.8, 4) is 0 Å². The van der Waals surface area contributed by atoms with Crippen molar-refractivity contribution < 1.29 is 0 Å². The van der Waals surface area contributed by atoms with Crippen LogP contribution in [0.2, 0.25) is 0 Å². The Labute approximate surface area is 135 Å². The molecule has 0 fully saturated rings. The van der Waals surface area contributed by atoms with Crippen molar-refractivity contribution in [3.05, 3.63) is 49.8 Å². The molecule has 0 amide bonds. The second-order valence-corrected chi connectivity index (χ2v) is 6.32. The molecule has 0 aliphatic carbocycles. The molecule has 1 aromatic carbocycles. The van der Waals surface area contributed by atoms with Crippen molar-refractivity contribution in [2.24, 2.45) is 5.84 Å². The fourth-order valence-corrected chi connectivity index (χ4v) is 3.08. The van der Waals surface area contributed by atoms with Crippen molar-refractivity contribution in [2.45, 2.75) is 25.9 Å². The van der Waals surface area contributed by atoms with E-state index in [4.69, 9.17) is 5.84 Å². The molecule has 0 saturated heterocycles. The van der Waals surface area contributed by atoms with Gasteiger partial charge in [-0.2, -0.15) is 5.10 Å². The molecule has 102 valence electrons. The van der Waals surface area contributed by atoms with Gasteiger partial charge in [-0.05, 0) is 58.8 Å². The Hall–Kier alpha value is -0.440. The predicted octanol–water partition coefficient (Wildman–Crippen LogP) is 3.21. The number of nitrogens with zero attached hydrogens (tertiary/aromatic N) is 2. The molecule has 1 atom stereocenters. The lowest BCUT2D eigenvalue weighted by Crippen LogP contribution is -2.31. The van der Waals surface area contributed by atoms with E-state index in [1.165, 1.54) is 3.57 Å². The van der Waals surface area contributed by atoms with Crippen LogP contribution in [-0.4, -0.2) is 9.78 Å². The summed E-state index contributed by atoms with van der Waals surface area (Å²) in [6.45, 7) is 3.03. The van der Waals surface area contributed by atoms with Gasteiger partial charge < -0.3 is 0 Å². The van der Waals surface area contributed by atoms with Gasteiger partial charge in [-0.15, -0.1) is 0 Å². The number of nitrogens with two attached hydrogens (primary N) is 1. The van der Waals surface area contributed by atoms with Crippen LogP contribution in [0.4, 0.5) is 0 Å². The molecule has 1 unspecified atom stereocenters. The molecule has 0 aliphatic rings. The molecule has 1 heterocycles. The van der Waals surface area contributed by atoms with Crippen molar-refractivity contribution in [1.82, 2.24) is 15.2 Å². The first kappa shape index (κ1) is 15.0. The van der Waals surface area contributed by atoms with E-state index in [1.54, 1.807) is 0 Å². The molecule has 4 nitrogen and oxygen atoms in total. The molecule has 0 aliphatic heterocycles. The van der Waals surface area contributed by atoms with Crippen LogP contribution in [0, 0.1) is 3.57 Å². The third-order valence-corrected chi connectivity index (χ3v) is 4.39. The zero-order chi connectivity index (χ0) is 13.8. The summed E-state index contributed by atoms with van der Waals surface area (Å²) in [4.78, 5) is 0. The highest BCUT2D eigenvalue weighted by Crippen LogP contribution is 2.28. The SMILES string of the molecule is CCCn1nccc1C(NN)c1cc(Br)ccc1I. The number of aromatic nitrogens is 2. The molecule has 1 aromatic heterocycles. The molecule has 19 heavy (non-hydrogen) atoms. The topological polar surface area (TPSA) is 55.9 Å². The predicted molar refractivity (Wildman–Crippen MR) is 88.5 cm³/mol. The summed E-state index contributed by atoms with van der Waals surface area (Å²) < 4.78 is 4.22. The van der Waals surface area contributed by atoms with E-state index in [0.29, 0.717) is 0 Å². The Balaban J connectivity index is 2.44. The van der Waals surface area contributed by atoms with Crippen LogP contribution in [0.15, 0.2) is 34.9 Å². The maximum absolute atomic E-state index is 5.77. The highest BCUT2D eigenvalue weighted by atomic mass is 127. The third-order valence-electron chi connectivity index (χ3n) is 2.92. The summed E-state index contributed by atoms with van der Waals surface area (Å²) in [5.41, 5.74) is 5.13. The number of nitrogens with one attached hydrogen (secondary N) is 1. The Morgan fingerprint density at radius 3 is 2.95 bits per heavy atom. The smallest absolute Gasteiger partial charge is 0.0888 e. The quantitative estimate of drug-likeness (QED) is 0.431. The number of halogens is 2. The van der Waals surface area contributed by atoms with Gasteiger partial charge in [0.15, 0.2) is 0 Å². The molecule has 6 heteroatoms. The Morgan fingerprint density at radius 1 is 1.47 bits per heavy atom. The fourth-order valence-electron chi connectivity index (χ4n) is 2.06. The van der Waals surface area contributed by atoms with E-state index in [0.717, 1.165) is 28.7 Å². The van der Waals surface area contributed by atoms with Gasteiger partial charge in [0, 0.05) is 20.8 Å². The van der Waals surface area contributed by atoms with Crippen LogP contribution in [0.1, 0.15) is 30.6 Å². The van der Waals surface area contributed by atoms with E-state index in [1.807, 2.05) is 23.0 Å². The van der Waals surface area contributed by atoms with Gasteiger partial charge in [-0.25, -0.2) is 5.43 Å². The summed E-state index contributed by atoms with van der Waals surface area (Å²) in [5.74, 6) is 5.77. The number of rotatable bonds is 5. The molecule has 0 radical (unpaired) electrons. The van der Waals surface area contributed by atoms with Gasteiger partial charge in [0.2, 0.25) is 0 Å². The van der Waals surface area contributed by atoms with E-state index in [9.17, 15) is 0 Å². The molecule has 0 saturated carbocycles. The summed E-state index contributed by atoms with van der Waals surface area (Å²) in [5, 5.41) is 4.36. The van der Waals surface area contributed by atoms with Crippen LogP contribution >= 0.6 is 38.5 Å². The van der Waals surface area contributed by atoms with E-state index in [2.05, 4.69) is 68.1 Å². The average Bonchev–Trinajstić information content (AvgIpc) is 2.83. The second kappa shape index (κ2) is 6.83. The molecule has 3 N–H and O–H groups in total. The zero-order valence-corrected chi connectivity index (χ0v) is 14.3. The summed E-state index contributed by atoms with van der Waals surface area (Å²) in [7, 11) is 0. The molecule has 0 spiro atoms. The standard InChI is InChI=1S/C13H16BrIN4/c1-2-7-19-12(5-6-17-19)13(18-16)10-8-9(14)3-4-11(10)15/h3-6,8,13,18H,2,7,16H2,1H3. The van der Waals surface area contributed by atoms with Crippen molar-refractivity contribution in [1.29, 1.82) is 0 Å². The van der Waals surface area contributed by atoms with Crippen molar-refractivity contribution in [2.75, 3.05) is 0 Å². The Kier molecular flexibility index (Phi) is 5.37. The van der Waals surface area contributed by atoms with Gasteiger partial charge in [-0.3, -0.25) is 10.5 Å². The Bertz CT molecular complexity index is 555. The Morgan fingerprint density at radius 2 is 2.26 bits per heavy atom. The van der Waals surface area contributed by atoms with Crippen molar-refractivity contribution in [3.63, 3.8) is 0 Å². The molecule has 2 aromatic rings. The lowest BCUT2D eigenvalue weighted by Gasteiger charge is -2.19. The summed E-state index contributed by atoms with van der Waals surface area (Å²) in [6.07, 6.45) is 2.86. The zero-order valence-electron chi connectivity index (χ0n) is 10.6. The fraction of sp³-hybridized carbons (Fsp3) is 0.308. The molecular formula is C13H16BrIN4. The van der Waals surface area contributed by atoms with Crippen molar-refractivity contribution >= 4 is 38.5 Å². The first-order valence-corrected chi connectivity index (χ1v) is 7.97. The first-order chi connectivity index (χ1) is 9.17. The molecular weight excluding hydrogens is 419 g/mol. The lowest BCUT2D eigenvalue weighted by molar-refractivity contribution is 0.520. The third kappa shape index (κ3) is 3.36. The van der Waals surface area contributed by atoms with Crippen LogP contribution < -0.4 is 11.3 Å². The highest BCUT2D eigenvalue weighted by molar-refractivity contribution is 14.1. The highest BCUT2D eigenvalue weighted by Gasteiger charge is 2.19. The van der Waals surface area contributed by atoms with E-state index < -0.39 is 0 Å². The van der Waals surface area contributed by atoms with Gasteiger partial charge >= 0.3 is 0 Å². The average molecular weight is 435 g/mol. The van der Waals surface area contributed by atoms with E-state index >= 15 is 0 Å². The number of aryl methyl sites for hydroxylation is 1. The first-order valence-electron chi connectivity index (χ1n) is 6.10. The van der Waals surface area contributed by atoms with Gasteiger partial charge in [-0.1, -0.05) is 22.9 Å². The lowest BCUT2D eigenvalue weighted by atomic mass is 10.0. The minimum atomic E-state index is -0.0570. The maximum Gasteiger partial charge on any atom is 0.0888 e. The molecule has 2 rings (SSSR count). The van der Waals surface area contributed by atoms with Gasteiger partial charge in [0.1, 0.15) is 0 Å². The normalized spacial score (nSPS) is 12.6. The maximum atomic E-state index is 5.77. The summed E-state index contributed by atoms with van der Waals surface area (Å²) >= 11 is 5.84. The van der Waals surface area contributed by atoms with Gasteiger partial charge in [0.25, 0.3) is 0 Å². The molecule has 0 bridgehead atoms. The number of hydrogen-bond acceptors (Lipinski definition) is 3. The van der Waals surface area contributed by atoms with E-state index in [-0.39, 0.29) is 6.04 Å². The minimum Gasteiger partial charge on any atom is -0.271 e. The van der Waals surface area contributed by atoms with Crippen LogP contribution in [-0.2, 0) is 6.54 Å². The summed E-state index contributed by atoms with van der Waals surface area (Å²) in [6, 6.07) is 8.15. The van der Waals surface area contributed by atoms with Crippen LogP contribution in [0.3, 0.4) is 0 Å².